The maximum absolute atomic E-state index is 12.6. The van der Waals surface area contributed by atoms with Crippen LogP contribution in [-0.4, -0.2) is 14.8 Å². The number of alkyl halides is 3. The van der Waals surface area contributed by atoms with Crippen molar-refractivity contribution in [2.45, 2.75) is 12.7 Å². The van der Waals surface area contributed by atoms with Gasteiger partial charge >= 0.3 is 6.18 Å². The van der Waals surface area contributed by atoms with E-state index in [4.69, 9.17) is 5.73 Å². The molecule has 17 heavy (non-hydrogen) atoms. The predicted molar refractivity (Wildman–Crippen MR) is 57.2 cm³/mol. The van der Waals surface area contributed by atoms with Crippen LogP contribution in [0.1, 0.15) is 10.6 Å². The minimum absolute atomic E-state index is 0.0383. The van der Waals surface area contributed by atoms with E-state index in [1.165, 1.54) is 10.9 Å². The van der Waals surface area contributed by atoms with Crippen molar-refractivity contribution in [1.82, 2.24) is 14.8 Å². The van der Waals surface area contributed by atoms with Crippen LogP contribution in [-0.2, 0) is 19.8 Å². The molecule has 0 aliphatic carbocycles. The monoisotopic (exact) mass is 262 g/mol. The first kappa shape index (κ1) is 12.1. The van der Waals surface area contributed by atoms with Crippen molar-refractivity contribution < 1.29 is 13.2 Å². The van der Waals surface area contributed by atoms with Gasteiger partial charge in [-0.3, -0.25) is 4.68 Å². The van der Waals surface area contributed by atoms with E-state index in [2.05, 4.69) is 10.1 Å². The quantitative estimate of drug-likeness (QED) is 0.900. The lowest BCUT2D eigenvalue weighted by atomic mass is 10.3. The molecule has 2 aromatic heterocycles. The number of nitrogens with two attached hydrogens (primary N) is 1. The van der Waals surface area contributed by atoms with Crippen LogP contribution >= 0.6 is 11.3 Å². The van der Waals surface area contributed by atoms with Crippen molar-refractivity contribution in [1.29, 1.82) is 0 Å². The van der Waals surface area contributed by atoms with Crippen molar-refractivity contribution >= 4 is 11.3 Å². The molecule has 92 valence electrons. The average molecular weight is 262 g/mol. The minimum Gasteiger partial charge on any atom is -0.326 e. The fraction of sp³-hybridized carbons (Fsp3) is 0.333. The first-order valence-corrected chi connectivity index (χ1v) is 5.49. The summed E-state index contributed by atoms with van der Waals surface area (Å²) in [5, 5.41) is 4.17. The normalized spacial score (nSPS) is 12.1. The van der Waals surface area contributed by atoms with Crippen LogP contribution in [0.15, 0.2) is 12.4 Å². The van der Waals surface area contributed by atoms with Gasteiger partial charge in [-0.05, 0) is 0 Å². The van der Waals surface area contributed by atoms with Gasteiger partial charge in [0.05, 0.1) is 11.1 Å². The summed E-state index contributed by atoms with van der Waals surface area (Å²) in [6.45, 7) is -0.174. The topological polar surface area (TPSA) is 56.7 Å². The third-order valence-corrected chi connectivity index (χ3v) is 3.23. The summed E-state index contributed by atoms with van der Waals surface area (Å²) >= 11 is 0.943. The third-order valence-electron chi connectivity index (χ3n) is 2.10. The van der Waals surface area contributed by atoms with Gasteiger partial charge in [-0.2, -0.15) is 18.3 Å². The number of nitrogens with zero attached hydrogens (tertiary/aromatic N) is 3. The number of thiazole rings is 1. The lowest BCUT2D eigenvalue weighted by Gasteiger charge is -2.03. The van der Waals surface area contributed by atoms with Crippen LogP contribution in [0.4, 0.5) is 13.2 Å². The summed E-state index contributed by atoms with van der Waals surface area (Å²) < 4.78 is 39.4. The molecule has 0 aliphatic rings. The molecule has 0 radical (unpaired) electrons. The zero-order chi connectivity index (χ0) is 12.6. The summed E-state index contributed by atoms with van der Waals surface area (Å²) in [5.41, 5.74) is 4.95. The number of hydrogen-bond donors (Lipinski definition) is 1. The molecule has 0 bridgehead atoms. The minimum atomic E-state index is -4.47. The van der Waals surface area contributed by atoms with Gasteiger partial charge in [0.15, 0.2) is 5.69 Å². The zero-order valence-corrected chi connectivity index (χ0v) is 9.64. The standard InChI is InChI=1S/C9H9F3N4S/c1-16-4-5(3-14-16)8-15-7(9(10,11)12)6(2-13)17-8/h3-4H,2,13H2,1H3. The van der Waals surface area contributed by atoms with E-state index in [-0.39, 0.29) is 16.4 Å². The highest BCUT2D eigenvalue weighted by Crippen LogP contribution is 2.37. The average Bonchev–Trinajstić information content (AvgIpc) is 2.81. The molecule has 0 amide bonds. The first-order chi connectivity index (χ1) is 7.91. The molecule has 2 rings (SSSR count). The molecule has 4 nitrogen and oxygen atoms in total. The first-order valence-electron chi connectivity index (χ1n) is 4.68. The van der Waals surface area contributed by atoms with Crippen molar-refractivity contribution in [3.8, 4) is 10.6 Å². The van der Waals surface area contributed by atoms with Crippen molar-refractivity contribution in [2.24, 2.45) is 12.8 Å². The number of aryl methyl sites for hydroxylation is 1. The Morgan fingerprint density at radius 2 is 2.18 bits per heavy atom. The second-order valence-corrected chi connectivity index (χ2v) is 4.48. The van der Waals surface area contributed by atoms with Crippen LogP contribution in [0.5, 0.6) is 0 Å². The maximum atomic E-state index is 12.6. The Morgan fingerprint density at radius 1 is 1.47 bits per heavy atom. The van der Waals surface area contributed by atoms with Crippen LogP contribution in [0, 0.1) is 0 Å². The maximum Gasteiger partial charge on any atom is 0.434 e. The Morgan fingerprint density at radius 3 is 2.59 bits per heavy atom. The SMILES string of the molecule is Cn1cc(-c2nc(C(F)(F)F)c(CN)s2)cn1. The predicted octanol–water partition coefficient (Wildman–Crippen LogP) is 2.02. The van der Waals surface area contributed by atoms with Gasteiger partial charge in [0.2, 0.25) is 0 Å². The van der Waals surface area contributed by atoms with Crippen LogP contribution < -0.4 is 5.73 Å². The van der Waals surface area contributed by atoms with E-state index < -0.39 is 11.9 Å². The highest BCUT2D eigenvalue weighted by Gasteiger charge is 2.37. The van der Waals surface area contributed by atoms with E-state index in [9.17, 15) is 13.2 Å². The van der Waals surface area contributed by atoms with Crippen molar-refractivity contribution in [3.63, 3.8) is 0 Å². The molecule has 0 saturated heterocycles. The summed E-state index contributed by atoms with van der Waals surface area (Å²) in [4.78, 5) is 3.63. The van der Waals surface area contributed by atoms with Crippen LogP contribution in [0.25, 0.3) is 10.6 Å². The van der Waals surface area contributed by atoms with Crippen molar-refractivity contribution in [2.75, 3.05) is 0 Å². The number of hydrogen-bond acceptors (Lipinski definition) is 4. The summed E-state index contributed by atoms with van der Waals surface area (Å²) in [6.07, 6.45) is -1.38. The number of halogens is 3. The second-order valence-electron chi connectivity index (χ2n) is 3.40. The Balaban J connectivity index is 2.48. The molecule has 0 unspecified atom stereocenters. The fourth-order valence-electron chi connectivity index (χ4n) is 1.37. The van der Waals surface area contributed by atoms with E-state index in [0.717, 1.165) is 11.3 Å². The molecule has 8 heteroatoms. The highest BCUT2D eigenvalue weighted by molar-refractivity contribution is 7.15. The van der Waals surface area contributed by atoms with Gasteiger partial charge < -0.3 is 5.73 Å². The molecule has 0 spiro atoms. The van der Waals surface area contributed by atoms with Crippen LogP contribution in [0.3, 0.4) is 0 Å². The number of rotatable bonds is 2. The zero-order valence-electron chi connectivity index (χ0n) is 8.82. The van der Waals surface area contributed by atoms with Crippen molar-refractivity contribution in [3.05, 3.63) is 23.0 Å². The van der Waals surface area contributed by atoms with Gasteiger partial charge in [0.25, 0.3) is 0 Å². The lowest BCUT2D eigenvalue weighted by Crippen LogP contribution is -2.10. The van der Waals surface area contributed by atoms with E-state index in [1.807, 2.05) is 0 Å². The van der Waals surface area contributed by atoms with E-state index in [1.54, 1.807) is 13.2 Å². The molecule has 0 fully saturated rings. The van der Waals surface area contributed by atoms with Gasteiger partial charge in [0.1, 0.15) is 5.01 Å². The lowest BCUT2D eigenvalue weighted by molar-refractivity contribution is -0.141. The van der Waals surface area contributed by atoms with Gasteiger partial charge in [0, 0.05) is 25.4 Å². The summed E-state index contributed by atoms with van der Waals surface area (Å²) in [5.74, 6) is 0. The Kier molecular flexibility index (Phi) is 2.92. The third kappa shape index (κ3) is 2.32. The molecule has 0 atom stereocenters. The Bertz CT molecular complexity index is 529. The molecular formula is C9H9F3N4S. The summed E-state index contributed by atoms with van der Waals surface area (Å²) in [7, 11) is 1.69. The molecule has 2 heterocycles. The molecule has 2 aromatic rings. The number of aromatic nitrogens is 3. The molecule has 2 N–H and O–H groups in total. The van der Waals surface area contributed by atoms with Gasteiger partial charge in [-0.15, -0.1) is 11.3 Å². The Labute approximate surface area is 98.9 Å². The van der Waals surface area contributed by atoms with E-state index >= 15 is 0 Å². The molecular weight excluding hydrogens is 253 g/mol. The van der Waals surface area contributed by atoms with E-state index in [0.29, 0.717) is 5.56 Å². The fourth-order valence-corrected chi connectivity index (χ4v) is 2.30. The smallest absolute Gasteiger partial charge is 0.326 e. The molecule has 0 saturated carbocycles. The summed E-state index contributed by atoms with van der Waals surface area (Å²) in [6, 6.07) is 0. The van der Waals surface area contributed by atoms with Crippen LogP contribution in [0.2, 0.25) is 0 Å². The second kappa shape index (κ2) is 4.11. The largest absolute Gasteiger partial charge is 0.434 e. The molecule has 0 aromatic carbocycles. The molecule has 0 aliphatic heterocycles. The van der Waals surface area contributed by atoms with Gasteiger partial charge in [-0.1, -0.05) is 0 Å². The Hall–Kier alpha value is -1.41. The van der Waals surface area contributed by atoms with Gasteiger partial charge in [-0.25, -0.2) is 4.98 Å². The highest BCUT2D eigenvalue weighted by atomic mass is 32.1.